The Bertz CT molecular complexity index is 1040. The average molecular weight is 480 g/mol. The Hall–Kier alpha value is -2.61. The molecule has 35 heavy (non-hydrogen) atoms. The second-order valence-corrected chi connectivity index (χ2v) is 10.1. The molecular formula is C28H37N3O4. The fourth-order valence-corrected chi connectivity index (χ4v) is 5.65. The Morgan fingerprint density at radius 1 is 1.09 bits per heavy atom. The van der Waals surface area contributed by atoms with Crippen molar-refractivity contribution >= 4 is 5.91 Å². The van der Waals surface area contributed by atoms with Crippen molar-refractivity contribution < 1.29 is 19.4 Å². The van der Waals surface area contributed by atoms with Crippen LogP contribution >= 0.6 is 0 Å². The van der Waals surface area contributed by atoms with Crippen molar-refractivity contribution in [2.75, 3.05) is 39.8 Å². The molecule has 0 spiro atoms. The van der Waals surface area contributed by atoms with E-state index in [1.54, 1.807) is 11.0 Å². The number of benzene rings is 2. The van der Waals surface area contributed by atoms with E-state index < -0.39 is 6.10 Å². The molecule has 1 fully saturated rings. The van der Waals surface area contributed by atoms with E-state index in [1.165, 1.54) is 17.5 Å². The Morgan fingerprint density at radius 3 is 2.69 bits per heavy atom. The number of β-amino-alcohol motifs (C(OH)–C–C–N with tert-alkyl or cyclic N) is 1. The van der Waals surface area contributed by atoms with E-state index in [0.29, 0.717) is 43.3 Å². The first-order valence-corrected chi connectivity index (χ1v) is 13.0. The second-order valence-electron chi connectivity index (χ2n) is 10.1. The van der Waals surface area contributed by atoms with Crippen LogP contribution in [0.3, 0.4) is 0 Å². The molecule has 0 unspecified atom stereocenters. The van der Waals surface area contributed by atoms with E-state index in [9.17, 15) is 9.90 Å². The van der Waals surface area contributed by atoms with E-state index in [1.807, 2.05) is 19.2 Å². The van der Waals surface area contributed by atoms with Crippen molar-refractivity contribution in [2.24, 2.45) is 0 Å². The number of nitrogens with one attached hydrogen (secondary N) is 1. The molecule has 1 saturated carbocycles. The van der Waals surface area contributed by atoms with Crippen molar-refractivity contribution in [1.29, 1.82) is 0 Å². The first-order valence-electron chi connectivity index (χ1n) is 13.0. The number of fused-ring (bicyclic) bond motifs is 2. The molecule has 0 saturated heterocycles. The molecule has 2 aromatic carbocycles. The molecule has 2 heterocycles. The molecule has 5 rings (SSSR count). The van der Waals surface area contributed by atoms with Crippen molar-refractivity contribution in [3.05, 3.63) is 59.2 Å². The molecule has 188 valence electrons. The van der Waals surface area contributed by atoms with Crippen LogP contribution in [0.2, 0.25) is 0 Å². The SMILES string of the molecule is CNC1(Oc2ccc3c(c2)OCCN(C[C@H](O)CN2CCc4ccccc4C2)C3=O)CCCCC1. The molecule has 0 bridgehead atoms. The van der Waals surface area contributed by atoms with Gasteiger partial charge < -0.3 is 19.5 Å². The molecule has 2 aliphatic heterocycles. The number of carbonyl (C=O) groups is 1. The maximum atomic E-state index is 13.3. The molecule has 0 aromatic heterocycles. The van der Waals surface area contributed by atoms with Gasteiger partial charge in [0.25, 0.3) is 5.91 Å². The van der Waals surface area contributed by atoms with Gasteiger partial charge in [-0.25, -0.2) is 0 Å². The van der Waals surface area contributed by atoms with Crippen molar-refractivity contribution in [3.8, 4) is 11.5 Å². The minimum Gasteiger partial charge on any atom is -0.491 e. The minimum atomic E-state index is -0.616. The molecule has 3 aliphatic rings. The summed E-state index contributed by atoms with van der Waals surface area (Å²) in [5.74, 6) is 1.17. The van der Waals surface area contributed by atoms with Gasteiger partial charge >= 0.3 is 0 Å². The van der Waals surface area contributed by atoms with Gasteiger partial charge in [-0.2, -0.15) is 0 Å². The summed E-state index contributed by atoms with van der Waals surface area (Å²) < 4.78 is 12.3. The van der Waals surface area contributed by atoms with Gasteiger partial charge in [0.15, 0.2) is 5.72 Å². The lowest BCUT2D eigenvalue weighted by Crippen LogP contribution is -2.49. The monoisotopic (exact) mass is 479 g/mol. The van der Waals surface area contributed by atoms with Gasteiger partial charge in [0.1, 0.15) is 18.1 Å². The van der Waals surface area contributed by atoms with Crippen LogP contribution in [0.1, 0.15) is 53.6 Å². The van der Waals surface area contributed by atoms with E-state index in [0.717, 1.165) is 45.2 Å². The third-order valence-electron chi connectivity index (χ3n) is 7.63. The molecule has 7 heteroatoms. The number of hydrogen-bond donors (Lipinski definition) is 2. The quantitative estimate of drug-likeness (QED) is 0.594. The summed E-state index contributed by atoms with van der Waals surface area (Å²) in [6, 6.07) is 14.0. The Balaban J connectivity index is 1.21. The van der Waals surface area contributed by atoms with Gasteiger partial charge in [-0.3, -0.25) is 15.0 Å². The zero-order valence-electron chi connectivity index (χ0n) is 20.7. The lowest BCUT2D eigenvalue weighted by molar-refractivity contribution is 0.00438. The predicted octanol–water partition coefficient (Wildman–Crippen LogP) is 3.20. The van der Waals surface area contributed by atoms with Gasteiger partial charge in [-0.1, -0.05) is 30.7 Å². The van der Waals surface area contributed by atoms with Crippen LogP contribution in [-0.2, 0) is 13.0 Å². The highest BCUT2D eigenvalue weighted by Crippen LogP contribution is 2.34. The molecule has 1 aliphatic carbocycles. The van der Waals surface area contributed by atoms with Crippen LogP contribution in [0.4, 0.5) is 0 Å². The van der Waals surface area contributed by atoms with Crippen LogP contribution in [0.15, 0.2) is 42.5 Å². The number of carbonyl (C=O) groups excluding carboxylic acids is 1. The molecule has 7 nitrogen and oxygen atoms in total. The van der Waals surface area contributed by atoms with E-state index >= 15 is 0 Å². The highest BCUT2D eigenvalue weighted by atomic mass is 16.5. The summed E-state index contributed by atoms with van der Waals surface area (Å²) in [4.78, 5) is 17.3. The van der Waals surface area contributed by atoms with Gasteiger partial charge in [-0.05, 0) is 49.6 Å². The molecule has 0 radical (unpaired) electrons. The lowest BCUT2D eigenvalue weighted by Gasteiger charge is -2.37. The van der Waals surface area contributed by atoms with Crippen molar-refractivity contribution in [1.82, 2.24) is 15.1 Å². The topological polar surface area (TPSA) is 74.3 Å². The number of rotatable bonds is 7. The zero-order valence-corrected chi connectivity index (χ0v) is 20.7. The van der Waals surface area contributed by atoms with Crippen LogP contribution < -0.4 is 14.8 Å². The van der Waals surface area contributed by atoms with Crippen molar-refractivity contribution in [3.63, 3.8) is 0 Å². The number of aliphatic hydroxyl groups is 1. The number of ether oxygens (including phenoxy) is 2. The smallest absolute Gasteiger partial charge is 0.257 e. The summed E-state index contributed by atoms with van der Waals surface area (Å²) >= 11 is 0. The summed E-state index contributed by atoms with van der Waals surface area (Å²) in [6.45, 7) is 3.44. The summed E-state index contributed by atoms with van der Waals surface area (Å²) in [7, 11) is 1.95. The third-order valence-corrected chi connectivity index (χ3v) is 7.63. The van der Waals surface area contributed by atoms with Gasteiger partial charge in [0.05, 0.1) is 18.2 Å². The Kier molecular flexibility index (Phi) is 7.27. The highest BCUT2D eigenvalue weighted by Gasteiger charge is 2.33. The molecular weight excluding hydrogens is 442 g/mol. The molecule has 2 aromatic rings. The second kappa shape index (κ2) is 10.6. The minimum absolute atomic E-state index is 0.104. The van der Waals surface area contributed by atoms with Crippen LogP contribution in [0.5, 0.6) is 11.5 Å². The van der Waals surface area contributed by atoms with E-state index in [2.05, 4.69) is 34.5 Å². The fraction of sp³-hybridized carbons (Fsp3) is 0.536. The van der Waals surface area contributed by atoms with Gasteiger partial charge in [0.2, 0.25) is 0 Å². The highest BCUT2D eigenvalue weighted by molar-refractivity contribution is 5.97. The van der Waals surface area contributed by atoms with Crippen LogP contribution in [-0.4, -0.2) is 72.5 Å². The molecule has 1 atom stereocenters. The van der Waals surface area contributed by atoms with Crippen molar-refractivity contribution in [2.45, 2.75) is 56.9 Å². The van der Waals surface area contributed by atoms with Crippen LogP contribution in [0.25, 0.3) is 0 Å². The normalized spacial score (nSPS) is 20.9. The Morgan fingerprint density at radius 2 is 1.89 bits per heavy atom. The van der Waals surface area contributed by atoms with E-state index in [-0.39, 0.29) is 11.6 Å². The zero-order chi connectivity index (χ0) is 24.3. The average Bonchev–Trinajstić information content (AvgIpc) is 3.02. The van der Waals surface area contributed by atoms with E-state index in [4.69, 9.17) is 9.47 Å². The number of nitrogens with zero attached hydrogens (tertiary/aromatic N) is 2. The summed E-state index contributed by atoms with van der Waals surface area (Å²) in [5, 5.41) is 14.2. The first kappa shape index (κ1) is 24.1. The maximum Gasteiger partial charge on any atom is 0.257 e. The Labute approximate surface area is 208 Å². The third kappa shape index (κ3) is 5.47. The van der Waals surface area contributed by atoms with Gasteiger partial charge in [-0.15, -0.1) is 0 Å². The maximum absolute atomic E-state index is 13.3. The predicted molar refractivity (Wildman–Crippen MR) is 135 cm³/mol. The fourth-order valence-electron chi connectivity index (χ4n) is 5.65. The molecule has 1 amide bonds. The standard InChI is InChI=1S/C28H37N3O4/c1-29-28(12-5-2-6-13-28)35-24-9-10-25-26(17-24)34-16-15-31(27(25)33)20-23(32)19-30-14-11-21-7-3-4-8-22(21)18-30/h3-4,7-10,17,23,29,32H,2,5-6,11-16,18-20H2,1H3/t23-/m1/s1. The first-order chi connectivity index (χ1) is 17.0. The van der Waals surface area contributed by atoms with Gasteiger partial charge in [0, 0.05) is 45.1 Å². The summed E-state index contributed by atoms with van der Waals surface area (Å²) in [5.41, 5.74) is 2.88. The molecule has 2 N–H and O–H groups in total. The lowest BCUT2D eigenvalue weighted by atomic mass is 9.91. The number of amides is 1. The largest absolute Gasteiger partial charge is 0.491 e. The van der Waals surface area contributed by atoms with Crippen LogP contribution in [0, 0.1) is 0 Å². The number of aliphatic hydroxyl groups excluding tert-OH is 1. The summed E-state index contributed by atoms with van der Waals surface area (Å²) in [6.07, 6.45) is 5.83. The number of hydrogen-bond acceptors (Lipinski definition) is 6.